The summed E-state index contributed by atoms with van der Waals surface area (Å²) < 4.78 is 0. The number of hydrogen-bond acceptors (Lipinski definition) is 3. The molecule has 0 aliphatic heterocycles. The van der Waals surface area contributed by atoms with Crippen molar-refractivity contribution in [2.45, 2.75) is 6.42 Å². The van der Waals surface area contributed by atoms with Crippen LogP contribution < -0.4 is 11.0 Å². The zero-order chi connectivity index (χ0) is 15.8. The van der Waals surface area contributed by atoms with Gasteiger partial charge in [0.15, 0.2) is 0 Å². The first kappa shape index (κ1) is 13.3. The van der Waals surface area contributed by atoms with Crippen LogP contribution in [0.25, 0.3) is 21.9 Å². The Morgan fingerprint density at radius 1 is 1.04 bits per heavy atom. The molecule has 0 unspecified atom stereocenters. The minimum absolute atomic E-state index is 0.124. The highest BCUT2D eigenvalue weighted by molar-refractivity contribution is 5.95. The number of fused-ring (bicyclic) bond motifs is 2. The van der Waals surface area contributed by atoms with Crippen LogP contribution in [0.3, 0.4) is 0 Å². The fraction of sp³-hybridized carbons (Fsp3) is 0.0625. The van der Waals surface area contributed by atoms with E-state index in [-0.39, 0.29) is 18.0 Å². The molecule has 0 atom stereocenters. The Bertz CT molecular complexity index is 1070. The van der Waals surface area contributed by atoms with Crippen molar-refractivity contribution in [3.05, 3.63) is 58.6 Å². The van der Waals surface area contributed by atoms with Crippen molar-refractivity contribution in [3.8, 4) is 0 Å². The van der Waals surface area contributed by atoms with Gasteiger partial charge in [0.05, 0.1) is 29.2 Å². The van der Waals surface area contributed by atoms with Gasteiger partial charge in [0, 0.05) is 11.1 Å². The largest absolute Gasteiger partial charge is 0.326 e. The molecule has 2 aromatic heterocycles. The van der Waals surface area contributed by atoms with Crippen LogP contribution >= 0.6 is 0 Å². The number of anilines is 1. The maximum absolute atomic E-state index is 12.2. The van der Waals surface area contributed by atoms with E-state index in [9.17, 15) is 9.59 Å². The number of carbonyl (C=O) groups is 1. The zero-order valence-electron chi connectivity index (χ0n) is 12.0. The molecule has 0 saturated heterocycles. The number of nitrogens with zero attached hydrogens (tertiary/aromatic N) is 1. The van der Waals surface area contributed by atoms with E-state index in [0.29, 0.717) is 11.2 Å². The number of amides is 1. The molecule has 0 radical (unpaired) electrons. The number of rotatable bonds is 3. The normalized spacial score (nSPS) is 11.1. The highest BCUT2D eigenvalue weighted by Crippen LogP contribution is 2.17. The maximum atomic E-state index is 12.2. The molecule has 1 amide bonds. The molecule has 0 aliphatic rings. The van der Waals surface area contributed by atoms with Crippen molar-refractivity contribution in [2.75, 3.05) is 5.32 Å². The van der Waals surface area contributed by atoms with E-state index in [4.69, 9.17) is 0 Å². The lowest BCUT2D eigenvalue weighted by Crippen LogP contribution is -2.14. The number of aromatic nitrogens is 4. The molecule has 4 N–H and O–H groups in total. The van der Waals surface area contributed by atoms with E-state index in [1.54, 1.807) is 18.3 Å². The predicted octanol–water partition coefficient (Wildman–Crippen LogP) is 1.91. The lowest BCUT2D eigenvalue weighted by Gasteiger charge is -2.05. The molecule has 7 nitrogen and oxygen atoms in total. The van der Waals surface area contributed by atoms with Crippen molar-refractivity contribution in [3.63, 3.8) is 0 Å². The van der Waals surface area contributed by atoms with Gasteiger partial charge in [-0.1, -0.05) is 6.07 Å². The molecule has 2 aromatic carbocycles. The summed E-state index contributed by atoms with van der Waals surface area (Å²) in [7, 11) is 0. The highest BCUT2D eigenvalue weighted by Gasteiger charge is 2.07. The second-order valence-electron chi connectivity index (χ2n) is 5.36. The van der Waals surface area contributed by atoms with E-state index in [0.717, 1.165) is 22.0 Å². The zero-order valence-corrected chi connectivity index (χ0v) is 12.0. The number of hydrogen-bond donors (Lipinski definition) is 4. The van der Waals surface area contributed by atoms with Gasteiger partial charge in [-0.25, -0.2) is 4.79 Å². The van der Waals surface area contributed by atoms with Crippen LogP contribution in [0.15, 0.2) is 47.4 Å². The van der Waals surface area contributed by atoms with Crippen LogP contribution in [0, 0.1) is 0 Å². The highest BCUT2D eigenvalue weighted by atomic mass is 16.1. The molecule has 4 aromatic rings. The summed E-state index contributed by atoms with van der Waals surface area (Å²) in [5.41, 5.74) is 3.57. The van der Waals surface area contributed by atoms with Crippen LogP contribution in [-0.4, -0.2) is 26.1 Å². The van der Waals surface area contributed by atoms with Crippen LogP contribution in [0.4, 0.5) is 5.69 Å². The number of H-pyrrole nitrogens is 3. The first-order valence-electron chi connectivity index (χ1n) is 7.11. The second-order valence-corrected chi connectivity index (χ2v) is 5.36. The Morgan fingerprint density at radius 3 is 2.83 bits per heavy atom. The lowest BCUT2D eigenvalue weighted by atomic mass is 10.1. The molecule has 0 spiro atoms. The summed E-state index contributed by atoms with van der Waals surface area (Å²) in [5.74, 6) is -0.124. The third-order valence-electron chi connectivity index (χ3n) is 3.67. The monoisotopic (exact) mass is 307 g/mol. The smallest absolute Gasteiger partial charge is 0.323 e. The van der Waals surface area contributed by atoms with Crippen molar-refractivity contribution >= 4 is 33.5 Å². The molecule has 0 saturated carbocycles. The van der Waals surface area contributed by atoms with Gasteiger partial charge in [-0.05, 0) is 35.9 Å². The van der Waals surface area contributed by atoms with Crippen LogP contribution in [0.5, 0.6) is 0 Å². The lowest BCUT2D eigenvalue weighted by molar-refractivity contribution is -0.115. The van der Waals surface area contributed by atoms with Gasteiger partial charge < -0.3 is 15.3 Å². The summed E-state index contributed by atoms with van der Waals surface area (Å²) >= 11 is 0. The molecule has 0 bridgehead atoms. The summed E-state index contributed by atoms with van der Waals surface area (Å²) in [6.45, 7) is 0. The molecule has 0 fully saturated rings. The predicted molar refractivity (Wildman–Crippen MR) is 87.3 cm³/mol. The van der Waals surface area contributed by atoms with E-state index in [1.165, 1.54) is 0 Å². The van der Waals surface area contributed by atoms with Gasteiger partial charge in [-0.3, -0.25) is 9.89 Å². The Kier molecular flexibility index (Phi) is 2.97. The Labute approximate surface area is 129 Å². The minimum atomic E-state index is -0.255. The third-order valence-corrected chi connectivity index (χ3v) is 3.67. The van der Waals surface area contributed by atoms with Crippen LogP contribution in [-0.2, 0) is 11.2 Å². The van der Waals surface area contributed by atoms with Gasteiger partial charge in [0.25, 0.3) is 0 Å². The summed E-state index contributed by atoms with van der Waals surface area (Å²) in [4.78, 5) is 28.8. The van der Waals surface area contributed by atoms with E-state index in [1.807, 2.05) is 24.3 Å². The summed E-state index contributed by atoms with van der Waals surface area (Å²) in [5, 5.41) is 10.7. The SMILES string of the molecule is O=C(Cc1ccc2[nH]c(=O)[nH]c2c1)Nc1ccc2cn[nH]c2c1. The number of carbonyl (C=O) groups excluding carboxylic acids is 1. The van der Waals surface area contributed by atoms with Gasteiger partial charge in [0.2, 0.25) is 5.91 Å². The second kappa shape index (κ2) is 5.13. The van der Waals surface area contributed by atoms with Gasteiger partial charge in [-0.2, -0.15) is 5.10 Å². The standard InChI is InChI=1S/C16H13N5O2/c22-15(18-11-3-2-10-8-17-21-13(10)7-11)6-9-1-4-12-14(5-9)20-16(23)19-12/h1-5,7-8H,6H2,(H,17,21)(H,18,22)(H2,19,20,23). The molecule has 114 valence electrons. The Balaban J connectivity index is 1.52. The molecular weight excluding hydrogens is 294 g/mol. The fourth-order valence-electron chi connectivity index (χ4n) is 2.60. The van der Waals surface area contributed by atoms with Gasteiger partial charge in [0.1, 0.15) is 0 Å². The number of nitrogens with one attached hydrogen (secondary N) is 4. The first-order valence-corrected chi connectivity index (χ1v) is 7.11. The molecule has 7 heteroatoms. The quantitative estimate of drug-likeness (QED) is 0.464. The minimum Gasteiger partial charge on any atom is -0.326 e. The fourth-order valence-corrected chi connectivity index (χ4v) is 2.60. The maximum Gasteiger partial charge on any atom is 0.323 e. The van der Waals surface area contributed by atoms with Crippen molar-refractivity contribution < 1.29 is 4.79 Å². The number of aromatic amines is 3. The van der Waals surface area contributed by atoms with Crippen molar-refractivity contribution in [1.82, 2.24) is 20.2 Å². The van der Waals surface area contributed by atoms with Crippen molar-refractivity contribution in [2.24, 2.45) is 0 Å². The molecule has 4 rings (SSSR count). The first-order chi connectivity index (χ1) is 11.2. The average molecular weight is 307 g/mol. The number of imidazole rings is 1. The van der Waals surface area contributed by atoms with Crippen LogP contribution in [0.1, 0.15) is 5.56 Å². The summed E-state index contributed by atoms with van der Waals surface area (Å²) in [6, 6.07) is 11.0. The Hall–Kier alpha value is -3.35. The molecule has 23 heavy (non-hydrogen) atoms. The van der Waals surface area contributed by atoms with E-state index < -0.39 is 0 Å². The topological polar surface area (TPSA) is 106 Å². The third kappa shape index (κ3) is 2.59. The number of benzene rings is 2. The van der Waals surface area contributed by atoms with Crippen molar-refractivity contribution in [1.29, 1.82) is 0 Å². The van der Waals surface area contributed by atoms with Gasteiger partial charge >= 0.3 is 5.69 Å². The molecular formula is C16H13N5O2. The molecule has 2 heterocycles. The Morgan fingerprint density at radius 2 is 1.91 bits per heavy atom. The van der Waals surface area contributed by atoms with E-state index in [2.05, 4.69) is 25.5 Å². The van der Waals surface area contributed by atoms with Gasteiger partial charge in [-0.15, -0.1) is 0 Å². The summed E-state index contributed by atoms with van der Waals surface area (Å²) in [6.07, 6.45) is 1.96. The van der Waals surface area contributed by atoms with Crippen LogP contribution in [0.2, 0.25) is 0 Å². The van der Waals surface area contributed by atoms with E-state index >= 15 is 0 Å². The molecule has 0 aliphatic carbocycles. The average Bonchev–Trinajstić information content (AvgIpc) is 3.11.